The highest BCUT2D eigenvalue weighted by molar-refractivity contribution is 6.02. The van der Waals surface area contributed by atoms with E-state index in [1.165, 1.54) is 0 Å². The molecule has 1 aromatic carbocycles. The zero-order valence-electron chi connectivity index (χ0n) is 15.1. The average Bonchev–Trinajstić information content (AvgIpc) is 3.20. The van der Waals surface area contributed by atoms with Crippen molar-refractivity contribution in [3.05, 3.63) is 59.4 Å². The molecule has 0 bridgehead atoms. The highest BCUT2D eigenvalue weighted by Gasteiger charge is 2.15. The van der Waals surface area contributed by atoms with E-state index < -0.39 is 0 Å². The van der Waals surface area contributed by atoms with Crippen molar-refractivity contribution in [3.63, 3.8) is 0 Å². The lowest BCUT2D eigenvalue weighted by Gasteiger charge is -2.05. The SMILES string of the molecule is CN(C)Cc1cc(NC(=O)c2cc(OCc3ccccc3)n(C)n2)n[nH]1. The number of rotatable bonds is 7. The number of nitrogens with zero attached hydrogens (tertiary/aromatic N) is 4. The molecule has 0 fully saturated rings. The Hall–Kier alpha value is -3.13. The van der Waals surface area contributed by atoms with Crippen LogP contribution in [0.1, 0.15) is 21.7 Å². The minimum Gasteiger partial charge on any atom is -0.473 e. The van der Waals surface area contributed by atoms with E-state index in [1.54, 1.807) is 23.9 Å². The van der Waals surface area contributed by atoms with Gasteiger partial charge in [-0.3, -0.25) is 9.89 Å². The van der Waals surface area contributed by atoms with Crippen LogP contribution in [0.4, 0.5) is 5.82 Å². The van der Waals surface area contributed by atoms with Crippen molar-refractivity contribution in [3.8, 4) is 5.88 Å². The topological polar surface area (TPSA) is 88.1 Å². The molecule has 1 amide bonds. The minimum absolute atomic E-state index is 0.271. The number of ether oxygens (including phenoxy) is 1. The van der Waals surface area contributed by atoms with Gasteiger partial charge in [0.25, 0.3) is 5.91 Å². The number of nitrogens with one attached hydrogen (secondary N) is 2. The quantitative estimate of drug-likeness (QED) is 0.678. The van der Waals surface area contributed by atoms with Gasteiger partial charge in [0.15, 0.2) is 11.5 Å². The Morgan fingerprint density at radius 2 is 2.04 bits per heavy atom. The summed E-state index contributed by atoms with van der Waals surface area (Å²) in [6, 6.07) is 13.2. The number of aryl methyl sites for hydroxylation is 1. The van der Waals surface area contributed by atoms with E-state index in [-0.39, 0.29) is 11.6 Å². The predicted octanol–water partition coefficient (Wildman–Crippen LogP) is 2.04. The number of carbonyl (C=O) groups excluding carboxylic acids is 1. The first kappa shape index (κ1) is 17.7. The Labute approximate surface area is 151 Å². The van der Waals surface area contributed by atoms with Gasteiger partial charge in [-0.05, 0) is 19.7 Å². The summed E-state index contributed by atoms with van der Waals surface area (Å²) in [4.78, 5) is 14.4. The highest BCUT2D eigenvalue weighted by atomic mass is 16.5. The molecule has 26 heavy (non-hydrogen) atoms. The van der Waals surface area contributed by atoms with E-state index >= 15 is 0 Å². The van der Waals surface area contributed by atoms with Crippen LogP contribution in [0.3, 0.4) is 0 Å². The summed E-state index contributed by atoms with van der Waals surface area (Å²) >= 11 is 0. The molecule has 2 aromatic heterocycles. The number of benzene rings is 1. The van der Waals surface area contributed by atoms with Crippen LogP contribution in [0.5, 0.6) is 5.88 Å². The fourth-order valence-corrected chi connectivity index (χ4v) is 2.46. The lowest BCUT2D eigenvalue weighted by atomic mass is 10.2. The van der Waals surface area contributed by atoms with E-state index in [9.17, 15) is 4.79 Å². The molecule has 0 aliphatic rings. The van der Waals surface area contributed by atoms with Gasteiger partial charge >= 0.3 is 0 Å². The number of carbonyl (C=O) groups is 1. The standard InChI is InChI=1S/C18H22N6O2/c1-23(2)11-14-9-16(21-20-14)19-18(25)15-10-17(24(3)22-15)26-12-13-7-5-4-6-8-13/h4-10H,11-12H2,1-3H3,(H2,19,20,21,25). The second-order valence-electron chi connectivity index (χ2n) is 6.24. The summed E-state index contributed by atoms with van der Waals surface area (Å²) < 4.78 is 7.29. The van der Waals surface area contributed by atoms with E-state index in [2.05, 4.69) is 20.6 Å². The largest absolute Gasteiger partial charge is 0.473 e. The van der Waals surface area contributed by atoms with Crippen LogP contribution in [0.25, 0.3) is 0 Å². The fourth-order valence-electron chi connectivity index (χ4n) is 2.46. The van der Waals surface area contributed by atoms with Gasteiger partial charge in [0, 0.05) is 25.7 Å². The van der Waals surface area contributed by atoms with Gasteiger partial charge < -0.3 is 15.0 Å². The summed E-state index contributed by atoms with van der Waals surface area (Å²) in [7, 11) is 5.66. The van der Waals surface area contributed by atoms with Crippen LogP contribution in [-0.2, 0) is 20.2 Å². The lowest BCUT2D eigenvalue weighted by Crippen LogP contribution is -2.13. The van der Waals surface area contributed by atoms with Gasteiger partial charge in [-0.2, -0.15) is 10.2 Å². The summed E-state index contributed by atoms with van der Waals surface area (Å²) in [6.07, 6.45) is 0. The molecule has 0 aliphatic heterocycles. The number of hydrogen-bond acceptors (Lipinski definition) is 5. The van der Waals surface area contributed by atoms with Crippen LogP contribution < -0.4 is 10.1 Å². The molecule has 2 N–H and O–H groups in total. The van der Waals surface area contributed by atoms with Crippen LogP contribution in [0.2, 0.25) is 0 Å². The molecule has 0 saturated heterocycles. The van der Waals surface area contributed by atoms with Crippen molar-refractivity contribution in [2.45, 2.75) is 13.2 Å². The van der Waals surface area contributed by atoms with Crippen LogP contribution in [0.15, 0.2) is 42.5 Å². The van der Waals surface area contributed by atoms with Crippen LogP contribution in [0, 0.1) is 0 Å². The molecule has 2 heterocycles. The third kappa shape index (κ3) is 4.48. The number of amides is 1. The number of H-pyrrole nitrogens is 1. The molecular formula is C18H22N6O2. The smallest absolute Gasteiger partial charge is 0.277 e. The van der Waals surface area contributed by atoms with Gasteiger partial charge in [-0.1, -0.05) is 30.3 Å². The first-order chi connectivity index (χ1) is 12.5. The number of aromatic amines is 1. The monoisotopic (exact) mass is 354 g/mol. The molecule has 0 saturated carbocycles. The molecule has 0 aliphatic carbocycles. The average molecular weight is 354 g/mol. The molecule has 0 atom stereocenters. The second kappa shape index (κ2) is 7.83. The number of hydrogen-bond donors (Lipinski definition) is 2. The molecule has 8 heteroatoms. The normalized spacial score (nSPS) is 10.9. The van der Waals surface area contributed by atoms with E-state index in [0.29, 0.717) is 24.8 Å². The molecule has 0 radical (unpaired) electrons. The second-order valence-corrected chi connectivity index (χ2v) is 6.24. The Kier molecular flexibility index (Phi) is 5.33. The summed E-state index contributed by atoms with van der Waals surface area (Å²) in [5, 5.41) is 13.9. The zero-order chi connectivity index (χ0) is 18.5. The van der Waals surface area contributed by atoms with Gasteiger partial charge in [0.2, 0.25) is 5.88 Å². The lowest BCUT2D eigenvalue weighted by molar-refractivity contribution is 0.102. The Morgan fingerprint density at radius 3 is 2.77 bits per heavy atom. The maximum absolute atomic E-state index is 12.4. The highest BCUT2D eigenvalue weighted by Crippen LogP contribution is 2.16. The van der Waals surface area contributed by atoms with Crippen molar-refractivity contribution in [2.24, 2.45) is 7.05 Å². The number of aromatic nitrogens is 4. The first-order valence-electron chi connectivity index (χ1n) is 8.22. The van der Waals surface area contributed by atoms with E-state index in [0.717, 1.165) is 11.3 Å². The Morgan fingerprint density at radius 1 is 1.27 bits per heavy atom. The number of anilines is 1. The van der Waals surface area contributed by atoms with Gasteiger partial charge in [0.05, 0.1) is 5.69 Å². The molecule has 0 unspecified atom stereocenters. The van der Waals surface area contributed by atoms with Crippen molar-refractivity contribution in [1.29, 1.82) is 0 Å². The maximum Gasteiger partial charge on any atom is 0.277 e. The predicted molar refractivity (Wildman–Crippen MR) is 97.9 cm³/mol. The summed E-state index contributed by atoms with van der Waals surface area (Å²) in [5.41, 5.74) is 2.23. The van der Waals surface area contributed by atoms with Crippen molar-refractivity contribution in [1.82, 2.24) is 24.9 Å². The van der Waals surface area contributed by atoms with E-state index in [1.807, 2.05) is 49.3 Å². The van der Waals surface area contributed by atoms with Gasteiger partial charge in [0.1, 0.15) is 6.61 Å². The van der Waals surface area contributed by atoms with Crippen molar-refractivity contribution in [2.75, 3.05) is 19.4 Å². The third-order valence-corrected chi connectivity index (χ3v) is 3.66. The molecule has 3 aromatic rings. The third-order valence-electron chi connectivity index (χ3n) is 3.66. The molecule has 0 spiro atoms. The zero-order valence-corrected chi connectivity index (χ0v) is 15.1. The van der Waals surface area contributed by atoms with Gasteiger partial charge in [-0.15, -0.1) is 0 Å². The maximum atomic E-state index is 12.4. The Bertz CT molecular complexity index is 869. The van der Waals surface area contributed by atoms with Crippen molar-refractivity contribution >= 4 is 11.7 Å². The van der Waals surface area contributed by atoms with Crippen LogP contribution >= 0.6 is 0 Å². The van der Waals surface area contributed by atoms with Crippen LogP contribution in [-0.4, -0.2) is 44.9 Å². The van der Waals surface area contributed by atoms with Crippen molar-refractivity contribution < 1.29 is 9.53 Å². The Balaban J connectivity index is 1.62. The summed E-state index contributed by atoms with van der Waals surface area (Å²) in [5.74, 6) is 0.650. The molecule has 8 nitrogen and oxygen atoms in total. The van der Waals surface area contributed by atoms with Gasteiger partial charge in [-0.25, -0.2) is 4.68 Å². The minimum atomic E-state index is -0.335. The molecular weight excluding hydrogens is 332 g/mol. The first-order valence-corrected chi connectivity index (χ1v) is 8.22. The van der Waals surface area contributed by atoms with E-state index in [4.69, 9.17) is 4.74 Å². The molecule has 136 valence electrons. The molecule has 3 rings (SSSR count). The fraction of sp³-hybridized carbons (Fsp3) is 0.278. The summed E-state index contributed by atoms with van der Waals surface area (Å²) in [6.45, 7) is 1.12.